The van der Waals surface area contributed by atoms with E-state index in [2.05, 4.69) is 15.3 Å². The van der Waals surface area contributed by atoms with E-state index in [4.69, 9.17) is 11.6 Å². The Hall–Kier alpha value is -1.90. The number of hydrogen-bond acceptors (Lipinski definition) is 4. The Bertz CT molecular complexity index is 685. The Morgan fingerprint density at radius 3 is 2.72 bits per heavy atom. The second-order valence-corrected chi connectivity index (χ2v) is 6.61. The summed E-state index contributed by atoms with van der Waals surface area (Å²) < 4.78 is 39.1. The molecule has 1 aromatic rings. The van der Waals surface area contributed by atoms with Crippen molar-refractivity contribution in [2.45, 2.75) is 38.0 Å². The molecule has 1 aromatic heterocycles. The van der Waals surface area contributed by atoms with Crippen LogP contribution in [-0.4, -0.2) is 45.4 Å². The fraction of sp³-hybridized carbons (Fsp3) is 0.600. The maximum Gasteiger partial charge on any atom is 0.394 e. The van der Waals surface area contributed by atoms with Crippen LogP contribution < -0.4 is 5.32 Å². The minimum absolute atomic E-state index is 0.0100. The van der Waals surface area contributed by atoms with Crippen molar-refractivity contribution in [2.75, 3.05) is 6.54 Å². The lowest BCUT2D eigenvalue weighted by molar-refractivity contribution is -0.182. The normalized spacial score (nSPS) is 26.5. The van der Waals surface area contributed by atoms with E-state index in [-0.39, 0.29) is 30.6 Å². The third kappa shape index (κ3) is 3.70. The minimum Gasteiger partial charge on any atom is -0.350 e. The van der Waals surface area contributed by atoms with Gasteiger partial charge in [0.25, 0.3) is 0 Å². The summed E-state index contributed by atoms with van der Waals surface area (Å²) in [6.45, 7) is 0.0840. The number of amides is 2. The van der Waals surface area contributed by atoms with Gasteiger partial charge in [-0.05, 0) is 12.8 Å². The van der Waals surface area contributed by atoms with Crippen LogP contribution in [0, 0.1) is 11.8 Å². The predicted octanol–water partition coefficient (Wildman–Crippen LogP) is 1.94. The monoisotopic (exact) mass is 376 g/mol. The first-order chi connectivity index (χ1) is 11.8. The van der Waals surface area contributed by atoms with Gasteiger partial charge in [-0.3, -0.25) is 14.6 Å². The maximum atomic E-state index is 13.0. The molecule has 0 bridgehead atoms. The number of nitrogens with zero attached hydrogens (tertiary/aromatic N) is 3. The van der Waals surface area contributed by atoms with Crippen molar-refractivity contribution in [3.63, 3.8) is 0 Å². The summed E-state index contributed by atoms with van der Waals surface area (Å²) in [6.07, 6.45) is -1.59. The molecule has 0 aromatic carbocycles. The van der Waals surface area contributed by atoms with E-state index < -0.39 is 36.4 Å². The van der Waals surface area contributed by atoms with E-state index in [1.807, 2.05) is 0 Å². The molecule has 1 N–H and O–H groups in total. The Morgan fingerprint density at radius 1 is 1.32 bits per heavy atom. The van der Waals surface area contributed by atoms with Crippen LogP contribution in [0.3, 0.4) is 0 Å². The van der Waals surface area contributed by atoms with Crippen LogP contribution in [0.15, 0.2) is 12.4 Å². The van der Waals surface area contributed by atoms with Crippen molar-refractivity contribution in [3.8, 4) is 0 Å². The van der Waals surface area contributed by atoms with Crippen molar-refractivity contribution in [2.24, 2.45) is 11.8 Å². The van der Waals surface area contributed by atoms with Crippen LogP contribution in [-0.2, 0) is 16.1 Å². The Labute approximate surface area is 146 Å². The number of piperidine rings is 1. The van der Waals surface area contributed by atoms with Gasteiger partial charge in [0, 0.05) is 31.4 Å². The first-order valence-corrected chi connectivity index (χ1v) is 8.24. The van der Waals surface area contributed by atoms with Gasteiger partial charge in [-0.15, -0.1) is 0 Å². The van der Waals surface area contributed by atoms with E-state index >= 15 is 0 Å². The Balaban J connectivity index is 1.60. The van der Waals surface area contributed by atoms with Crippen molar-refractivity contribution >= 4 is 23.4 Å². The molecule has 2 aliphatic rings. The third-order valence-corrected chi connectivity index (χ3v) is 5.07. The molecule has 25 heavy (non-hydrogen) atoms. The molecule has 0 aliphatic carbocycles. The van der Waals surface area contributed by atoms with Gasteiger partial charge in [0.1, 0.15) is 0 Å². The summed E-state index contributed by atoms with van der Waals surface area (Å²) >= 11 is 5.86. The predicted molar refractivity (Wildman–Crippen MR) is 81.3 cm³/mol. The van der Waals surface area contributed by atoms with Gasteiger partial charge < -0.3 is 10.2 Å². The second-order valence-electron chi connectivity index (χ2n) is 6.25. The highest BCUT2D eigenvalue weighted by molar-refractivity contribution is 6.29. The van der Waals surface area contributed by atoms with Gasteiger partial charge >= 0.3 is 6.18 Å². The lowest BCUT2D eigenvalue weighted by Gasteiger charge is -2.36. The zero-order valence-electron chi connectivity index (χ0n) is 13.1. The molecule has 10 heteroatoms. The number of halogens is 4. The van der Waals surface area contributed by atoms with Gasteiger partial charge in [-0.2, -0.15) is 13.2 Å². The van der Waals surface area contributed by atoms with Gasteiger partial charge in [0.05, 0.1) is 24.1 Å². The highest BCUT2D eigenvalue weighted by atomic mass is 35.5. The number of hydrogen-bond donors (Lipinski definition) is 1. The molecule has 0 radical (unpaired) electrons. The fourth-order valence-corrected chi connectivity index (χ4v) is 3.64. The molecule has 0 spiro atoms. The van der Waals surface area contributed by atoms with Crippen molar-refractivity contribution in [1.82, 2.24) is 20.2 Å². The average Bonchev–Trinajstić information content (AvgIpc) is 2.90. The molecule has 2 saturated heterocycles. The van der Waals surface area contributed by atoms with Gasteiger partial charge in [0.2, 0.25) is 11.8 Å². The van der Waals surface area contributed by atoms with Crippen molar-refractivity contribution in [1.29, 1.82) is 0 Å². The van der Waals surface area contributed by atoms with Crippen LogP contribution in [0.2, 0.25) is 5.15 Å². The molecule has 2 aliphatic heterocycles. The van der Waals surface area contributed by atoms with Crippen LogP contribution in [0.4, 0.5) is 13.2 Å². The molecular formula is C15H16ClF3N4O2. The minimum atomic E-state index is -4.40. The maximum absolute atomic E-state index is 13.0. The van der Waals surface area contributed by atoms with E-state index in [1.165, 1.54) is 17.3 Å². The first kappa shape index (κ1) is 17.9. The highest BCUT2D eigenvalue weighted by Crippen LogP contribution is 2.43. The Morgan fingerprint density at radius 2 is 2.04 bits per heavy atom. The molecule has 2 fully saturated rings. The van der Waals surface area contributed by atoms with Crippen molar-refractivity contribution in [3.05, 3.63) is 23.2 Å². The van der Waals surface area contributed by atoms with Gasteiger partial charge in [-0.1, -0.05) is 11.6 Å². The molecule has 3 heterocycles. The lowest BCUT2D eigenvalue weighted by Crippen LogP contribution is -2.49. The van der Waals surface area contributed by atoms with Gasteiger partial charge in [0.15, 0.2) is 5.15 Å². The summed E-state index contributed by atoms with van der Waals surface area (Å²) in [5.74, 6) is -3.05. The number of fused-ring (bicyclic) bond motifs is 1. The van der Waals surface area contributed by atoms with Crippen molar-refractivity contribution < 1.29 is 22.8 Å². The number of carbonyl (C=O) groups excluding carboxylic acids is 2. The number of aromatic nitrogens is 2. The molecule has 0 unspecified atom stereocenters. The summed E-state index contributed by atoms with van der Waals surface area (Å²) in [6, 6.07) is -0.856. The largest absolute Gasteiger partial charge is 0.394 e. The van der Waals surface area contributed by atoms with E-state index in [0.29, 0.717) is 12.1 Å². The third-order valence-electron chi connectivity index (χ3n) is 4.75. The lowest BCUT2D eigenvalue weighted by atomic mass is 9.87. The zero-order valence-corrected chi connectivity index (χ0v) is 13.8. The number of nitrogens with one attached hydrogen (secondary N) is 1. The standard InChI is InChI=1S/C15H16ClF3N4O2/c16-13-10(20-3-4-21-13)6-22-14(25)8-1-2-11-9(15(17,18)19)5-12(24)23(11)7-8/h3-4,8-9,11H,1-2,5-7H2,(H,22,25)/t8-,9+,11-/m1/s1. The van der Waals surface area contributed by atoms with E-state index in [1.54, 1.807) is 0 Å². The SMILES string of the molecule is O=C(NCc1nccnc1Cl)[C@@H]1CC[C@@H]2[C@@H](C(F)(F)F)CC(=O)N2C1. The molecule has 2 amide bonds. The highest BCUT2D eigenvalue weighted by Gasteiger charge is 2.55. The smallest absolute Gasteiger partial charge is 0.350 e. The number of alkyl halides is 3. The van der Waals surface area contributed by atoms with Crippen LogP contribution in [0.25, 0.3) is 0 Å². The van der Waals surface area contributed by atoms with E-state index in [0.717, 1.165) is 0 Å². The Kier molecular flexibility index (Phi) is 4.86. The second kappa shape index (κ2) is 6.78. The fourth-order valence-electron chi connectivity index (χ4n) is 3.47. The number of carbonyl (C=O) groups is 2. The molecule has 3 rings (SSSR count). The summed E-state index contributed by atoms with van der Waals surface area (Å²) in [5, 5.41) is 2.83. The number of rotatable bonds is 3. The summed E-state index contributed by atoms with van der Waals surface area (Å²) in [7, 11) is 0. The summed E-state index contributed by atoms with van der Waals surface area (Å²) in [4.78, 5) is 33.3. The topological polar surface area (TPSA) is 75.2 Å². The molecule has 136 valence electrons. The molecular weight excluding hydrogens is 361 g/mol. The molecule has 0 saturated carbocycles. The van der Waals surface area contributed by atoms with Gasteiger partial charge in [-0.25, -0.2) is 4.98 Å². The molecule has 6 nitrogen and oxygen atoms in total. The molecule has 3 atom stereocenters. The zero-order chi connectivity index (χ0) is 18.2. The van der Waals surface area contributed by atoms with Crippen LogP contribution >= 0.6 is 11.6 Å². The first-order valence-electron chi connectivity index (χ1n) is 7.86. The van der Waals surface area contributed by atoms with Crippen LogP contribution in [0.1, 0.15) is 25.0 Å². The summed E-state index contributed by atoms with van der Waals surface area (Å²) in [5.41, 5.74) is 0.403. The quantitative estimate of drug-likeness (QED) is 0.874. The average molecular weight is 377 g/mol. The van der Waals surface area contributed by atoms with E-state index in [9.17, 15) is 22.8 Å². The van der Waals surface area contributed by atoms with Crippen LogP contribution in [0.5, 0.6) is 0 Å².